The van der Waals surface area contributed by atoms with E-state index in [-0.39, 0.29) is 6.16 Å². The fourth-order valence-electron chi connectivity index (χ4n) is 1.86. The average Bonchev–Trinajstić information content (AvgIpc) is 2.26. The molecule has 2 unspecified atom stereocenters. The van der Waals surface area contributed by atoms with Gasteiger partial charge in [-0.25, -0.2) is 0 Å². The molecule has 0 spiro atoms. The van der Waals surface area contributed by atoms with E-state index in [9.17, 15) is 9.67 Å². The van der Waals surface area contributed by atoms with E-state index < -0.39 is 14.1 Å². The Kier molecular flexibility index (Phi) is 10.5. The Labute approximate surface area is 124 Å². The topological polar surface area (TPSA) is 57.5 Å². The Morgan fingerprint density at radius 2 is 1.60 bits per heavy atom. The van der Waals surface area contributed by atoms with Crippen molar-refractivity contribution in [3.8, 4) is 0 Å². The van der Waals surface area contributed by atoms with Crippen LogP contribution < -0.4 is 0 Å². The second-order valence-corrected chi connectivity index (χ2v) is 6.59. The maximum atomic E-state index is 10.6. The molecule has 0 aliphatic heterocycles. The van der Waals surface area contributed by atoms with Crippen molar-refractivity contribution < 1.29 is 14.6 Å². The maximum absolute atomic E-state index is 10.6. The third-order valence-corrected chi connectivity index (χ3v) is 3.63. The summed E-state index contributed by atoms with van der Waals surface area (Å²) in [6.07, 6.45) is 9.25. The molecular formula is C16H28O3P+. The van der Waals surface area contributed by atoms with Crippen LogP contribution in [0.4, 0.5) is 0 Å². The highest BCUT2D eigenvalue weighted by molar-refractivity contribution is 7.38. The summed E-state index contributed by atoms with van der Waals surface area (Å²) in [6.45, 7) is 8.31. The van der Waals surface area contributed by atoms with Gasteiger partial charge in [0, 0.05) is 0 Å². The minimum Gasteiger partial charge on any atom is -0.384 e. The molecule has 3 nitrogen and oxygen atoms in total. The fourth-order valence-corrected chi connectivity index (χ4v) is 2.29. The van der Waals surface area contributed by atoms with Gasteiger partial charge in [-0.05, 0) is 57.9 Å². The Hall–Kier alpha value is -0.760. The van der Waals surface area contributed by atoms with Gasteiger partial charge in [0.15, 0.2) is 0 Å². The molecule has 0 saturated carbocycles. The first-order valence-electron chi connectivity index (χ1n) is 7.09. The van der Waals surface area contributed by atoms with E-state index >= 15 is 0 Å². The number of hydrogen-bond donors (Lipinski definition) is 2. The van der Waals surface area contributed by atoms with Crippen LogP contribution in [0.25, 0.3) is 0 Å². The second kappa shape index (κ2) is 11.0. The van der Waals surface area contributed by atoms with Crippen molar-refractivity contribution in [1.82, 2.24) is 0 Å². The molecule has 4 heteroatoms. The molecule has 0 rings (SSSR count). The molecular weight excluding hydrogens is 271 g/mol. The lowest BCUT2D eigenvalue weighted by atomic mass is 10.1. The highest BCUT2D eigenvalue weighted by Gasteiger charge is 2.16. The Balaban J connectivity index is 4.05. The highest BCUT2D eigenvalue weighted by Crippen LogP contribution is 2.17. The summed E-state index contributed by atoms with van der Waals surface area (Å²) >= 11 is 0. The molecule has 0 heterocycles. The molecule has 0 saturated heterocycles. The summed E-state index contributed by atoms with van der Waals surface area (Å²) in [5, 5.41) is 9.52. The summed E-state index contributed by atoms with van der Waals surface area (Å²) in [5.41, 5.74) is 3.80. The number of aliphatic hydroxyl groups excluding tert-OH is 1. The van der Waals surface area contributed by atoms with E-state index in [1.165, 1.54) is 11.1 Å². The van der Waals surface area contributed by atoms with E-state index in [2.05, 4.69) is 32.9 Å². The minimum absolute atomic E-state index is 0.0791. The minimum atomic E-state index is -2.27. The summed E-state index contributed by atoms with van der Waals surface area (Å²) in [6, 6.07) is 0. The predicted molar refractivity (Wildman–Crippen MR) is 86.1 cm³/mol. The van der Waals surface area contributed by atoms with Gasteiger partial charge in [0.2, 0.25) is 6.16 Å². The summed E-state index contributed by atoms with van der Waals surface area (Å²) < 4.78 is 10.6. The van der Waals surface area contributed by atoms with Gasteiger partial charge >= 0.3 is 8.03 Å². The molecule has 0 aliphatic carbocycles. The molecule has 0 amide bonds. The number of hydrogen-bond acceptors (Lipinski definition) is 2. The smallest absolute Gasteiger partial charge is 0.384 e. The maximum Gasteiger partial charge on any atom is 0.508 e. The van der Waals surface area contributed by atoms with Crippen LogP contribution in [-0.4, -0.2) is 22.3 Å². The van der Waals surface area contributed by atoms with E-state index in [0.29, 0.717) is 0 Å². The fraction of sp³-hybridized carbons (Fsp3) is 0.625. The molecule has 0 aromatic rings. The quantitative estimate of drug-likeness (QED) is 0.487. The predicted octanol–water partition coefficient (Wildman–Crippen LogP) is 4.50. The van der Waals surface area contributed by atoms with Gasteiger partial charge in [-0.2, -0.15) is 4.89 Å². The van der Waals surface area contributed by atoms with E-state index in [0.717, 1.165) is 31.3 Å². The van der Waals surface area contributed by atoms with Gasteiger partial charge in [-0.3, -0.25) is 0 Å². The van der Waals surface area contributed by atoms with Crippen LogP contribution in [0.15, 0.2) is 34.9 Å². The van der Waals surface area contributed by atoms with E-state index in [1.807, 2.05) is 6.92 Å². The van der Waals surface area contributed by atoms with Crippen LogP contribution in [0.1, 0.15) is 53.4 Å². The molecule has 0 bridgehead atoms. The Bertz CT molecular complexity index is 391. The molecule has 0 aromatic carbocycles. The molecule has 2 N–H and O–H groups in total. The van der Waals surface area contributed by atoms with Crippen molar-refractivity contribution in [1.29, 1.82) is 0 Å². The zero-order chi connectivity index (χ0) is 15.5. The summed E-state index contributed by atoms with van der Waals surface area (Å²) in [4.78, 5) is 8.71. The van der Waals surface area contributed by atoms with E-state index in [4.69, 9.17) is 4.89 Å². The third kappa shape index (κ3) is 12.3. The molecule has 0 radical (unpaired) electrons. The van der Waals surface area contributed by atoms with Crippen molar-refractivity contribution in [3.05, 3.63) is 34.9 Å². The lowest BCUT2D eigenvalue weighted by molar-refractivity contribution is 0.242. The highest BCUT2D eigenvalue weighted by atomic mass is 31.1. The Morgan fingerprint density at radius 1 is 1.05 bits per heavy atom. The third-order valence-electron chi connectivity index (χ3n) is 2.94. The van der Waals surface area contributed by atoms with Gasteiger partial charge < -0.3 is 5.11 Å². The van der Waals surface area contributed by atoms with Gasteiger partial charge in [-0.15, -0.1) is 0 Å². The zero-order valence-corrected chi connectivity index (χ0v) is 14.0. The van der Waals surface area contributed by atoms with Gasteiger partial charge in [0.1, 0.15) is 6.10 Å². The van der Waals surface area contributed by atoms with Crippen LogP contribution in [0.3, 0.4) is 0 Å². The second-order valence-electron chi connectivity index (χ2n) is 5.52. The molecule has 0 aliphatic rings. The van der Waals surface area contributed by atoms with Crippen molar-refractivity contribution in [2.75, 3.05) is 6.16 Å². The average molecular weight is 299 g/mol. The Morgan fingerprint density at radius 3 is 2.15 bits per heavy atom. The lowest BCUT2D eigenvalue weighted by Crippen LogP contribution is -2.06. The van der Waals surface area contributed by atoms with Crippen LogP contribution in [-0.2, 0) is 4.57 Å². The van der Waals surface area contributed by atoms with Gasteiger partial charge in [0.05, 0.1) is 0 Å². The largest absolute Gasteiger partial charge is 0.508 e. The standard InChI is InChI=1S/C16H27O3P/c1-13(2)7-5-8-14(3)9-6-10-15(4)11-16(17)12-20(18)19/h7,9,11,16-17H,5-6,8,10,12H2,1-4H3/p+1. The van der Waals surface area contributed by atoms with Gasteiger partial charge in [-0.1, -0.05) is 34.9 Å². The summed E-state index contributed by atoms with van der Waals surface area (Å²) in [7, 11) is -2.27. The SMILES string of the molecule is CC(C)=CCCC(C)=CCCC(C)=CC(O)C[P+](=O)O. The first-order valence-corrected chi connectivity index (χ1v) is 8.49. The first-order chi connectivity index (χ1) is 9.31. The van der Waals surface area contributed by atoms with Crippen molar-refractivity contribution in [3.63, 3.8) is 0 Å². The zero-order valence-electron chi connectivity index (χ0n) is 13.1. The molecule has 0 aromatic heterocycles. The van der Waals surface area contributed by atoms with Crippen LogP contribution in [0.2, 0.25) is 0 Å². The number of rotatable bonds is 9. The molecule has 20 heavy (non-hydrogen) atoms. The molecule has 114 valence electrons. The van der Waals surface area contributed by atoms with E-state index in [1.54, 1.807) is 6.08 Å². The van der Waals surface area contributed by atoms with Crippen molar-refractivity contribution in [2.45, 2.75) is 59.5 Å². The summed E-state index contributed by atoms with van der Waals surface area (Å²) in [5.74, 6) is 0. The monoisotopic (exact) mass is 299 g/mol. The van der Waals surface area contributed by atoms with Crippen molar-refractivity contribution in [2.24, 2.45) is 0 Å². The van der Waals surface area contributed by atoms with Crippen LogP contribution >= 0.6 is 8.03 Å². The lowest BCUT2D eigenvalue weighted by Gasteiger charge is -2.03. The van der Waals surface area contributed by atoms with Crippen LogP contribution in [0, 0.1) is 0 Å². The van der Waals surface area contributed by atoms with Crippen LogP contribution in [0.5, 0.6) is 0 Å². The normalized spacial score (nSPS) is 15.0. The first kappa shape index (κ1) is 19.2. The molecule has 0 fully saturated rings. The number of aliphatic hydroxyl groups is 1. The van der Waals surface area contributed by atoms with Gasteiger partial charge in [0.25, 0.3) is 0 Å². The number of allylic oxidation sites excluding steroid dienone is 5. The van der Waals surface area contributed by atoms with Crippen molar-refractivity contribution >= 4 is 8.03 Å². The molecule has 2 atom stereocenters.